The van der Waals surface area contributed by atoms with Crippen molar-refractivity contribution in [2.45, 2.75) is 24.9 Å². The molecule has 0 radical (unpaired) electrons. The van der Waals surface area contributed by atoms with Crippen LogP contribution in [0.15, 0.2) is 46.9 Å². The van der Waals surface area contributed by atoms with Gasteiger partial charge in [0, 0.05) is 22.4 Å². The number of benzene rings is 2. The van der Waals surface area contributed by atoms with Crippen LogP contribution in [0.1, 0.15) is 23.5 Å². The van der Waals surface area contributed by atoms with Gasteiger partial charge in [-0.15, -0.1) is 0 Å². The number of fused-ring (bicyclic) bond motifs is 1. The second-order valence-electron chi connectivity index (χ2n) is 5.39. The molecule has 0 fully saturated rings. The van der Waals surface area contributed by atoms with Crippen LogP contribution in [-0.4, -0.2) is 12.6 Å². The number of rotatable bonds is 4. The molecule has 2 aromatic rings. The molecule has 0 spiro atoms. The molecule has 0 aliphatic carbocycles. The van der Waals surface area contributed by atoms with Crippen molar-refractivity contribution >= 4 is 15.9 Å². The van der Waals surface area contributed by atoms with Gasteiger partial charge in [0.05, 0.1) is 0 Å². The smallest absolute Gasteiger partial charge is 0.123 e. The van der Waals surface area contributed by atoms with Crippen LogP contribution < -0.4 is 10.5 Å². The maximum atomic E-state index is 13.3. The van der Waals surface area contributed by atoms with Gasteiger partial charge in [-0.25, -0.2) is 4.39 Å². The van der Waals surface area contributed by atoms with Crippen molar-refractivity contribution in [1.82, 2.24) is 0 Å². The summed E-state index contributed by atoms with van der Waals surface area (Å²) in [5, 5.41) is 0. The Balaban J connectivity index is 1.74. The summed E-state index contributed by atoms with van der Waals surface area (Å²) in [5.41, 5.74) is 8.09. The lowest BCUT2D eigenvalue weighted by Gasteiger charge is -2.20. The standard InChI is InChI=1S/C17H17BrFNO/c18-16-4-2-1-3-15(16)12(10-20)9-14-8-11-7-13(19)5-6-17(11)21-14/h1-7,12,14H,8-10,20H2. The van der Waals surface area contributed by atoms with Gasteiger partial charge in [-0.05, 0) is 42.8 Å². The summed E-state index contributed by atoms with van der Waals surface area (Å²) < 4.78 is 20.2. The van der Waals surface area contributed by atoms with E-state index in [0.717, 1.165) is 28.6 Å². The minimum absolute atomic E-state index is 0.0578. The van der Waals surface area contributed by atoms with E-state index >= 15 is 0 Å². The quantitative estimate of drug-likeness (QED) is 0.904. The van der Waals surface area contributed by atoms with Gasteiger partial charge in [0.25, 0.3) is 0 Å². The van der Waals surface area contributed by atoms with E-state index in [1.807, 2.05) is 18.2 Å². The van der Waals surface area contributed by atoms with E-state index < -0.39 is 0 Å². The zero-order chi connectivity index (χ0) is 14.8. The van der Waals surface area contributed by atoms with E-state index in [9.17, 15) is 4.39 Å². The van der Waals surface area contributed by atoms with E-state index in [-0.39, 0.29) is 17.8 Å². The Morgan fingerprint density at radius 1 is 1.29 bits per heavy atom. The summed E-state index contributed by atoms with van der Waals surface area (Å²) in [5.74, 6) is 0.813. The molecule has 1 aliphatic heterocycles. The Hall–Kier alpha value is -1.39. The summed E-state index contributed by atoms with van der Waals surface area (Å²) in [7, 11) is 0. The van der Waals surface area contributed by atoms with Crippen molar-refractivity contribution < 1.29 is 9.13 Å². The predicted octanol–water partition coefficient (Wildman–Crippen LogP) is 4.02. The number of nitrogens with two attached hydrogens (primary N) is 1. The molecule has 0 saturated carbocycles. The van der Waals surface area contributed by atoms with Crippen LogP contribution in [0.2, 0.25) is 0 Å². The van der Waals surface area contributed by atoms with Crippen molar-refractivity contribution in [3.8, 4) is 5.75 Å². The lowest BCUT2D eigenvalue weighted by atomic mass is 9.92. The zero-order valence-corrected chi connectivity index (χ0v) is 13.1. The second-order valence-corrected chi connectivity index (χ2v) is 6.24. The maximum Gasteiger partial charge on any atom is 0.123 e. The van der Waals surface area contributed by atoms with Crippen molar-refractivity contribution in [3.63, 3.8) is 0 Å². The Bertz CT molecular complexity index is 646. The van der Waals surface area contributed by atoms with Crippen LogP contribution in [0.5, 0.6) is 5.75 Å². The number of ether oxygens (including phenoxy) is 1. The molecule has 0 bridgehead atoms. The van der Waals surface area contributed by atoms with Crippen molar-refractivity contribution in [3.05, 3.63) is 63.9 Å². The van der Waals surface area contributed by atoms with Gasteiger partial charge >= 0.3 is 0 Å². The molecule has 1 aliphatic rings. The van der Waals surface area contributed by atoms with Gasteiger partial charge in [0.2, 0.25) is 0 Å². The summed E-state index contributed by atoms with van der Waals surface area (Å²) in [4.78, 5) is 0. The van der Waals surface area contributed by atoms with Gasteiger partial charge in [0.15, 0.2) is 0 Å². The van der Waals surface area contributed by atoms with Gasteiger partial charge in [-0.1, -0.05) is 34.1 Å². The van der Waals surface area contributed by atoms with Crippen LogP contribution in [0, 0.1) is 5.82 Å². The highest BCUT2D eigenvalue weighted by Crippen LogP contribution is 2.35. The molecule has 3 rings (SSSR count). The van der Waals surface area contributed by atoms with Crippen molar-refractivity contribution in [1.29, 1.82) is 0 Å². The summed E-state index contributed by atoms with van der Waals surface area (Å²) in [6, 6.07) is 12.8. The molecule has 2 N–H and O–H groups in total. The van der Waals surface area contributed by atoms with E-state index in [4.69, 9.17) is 10.5 Å². The monoisotopic (exact) mass is 349 g/mol. The van der Waals surface area contributed by atoms with Gasteiger partial charge in [-0.3, -0.25) is 0 Å². The first-order valence-corrected chi connectivity index (χ1v) is 7.86. The molecule has 4 heteroatoms. The van der Waals surface area contributed by atoms with Crippen LogP contribution >= 0.6 is 15.9 Å². The SMILES string of the molecule is NCC(CC1Cc2cc(F)ccc2O1)c1ccccc1Br. The largest absolute Gasteiger partial charge is 0.490 e. The number of hydrogen-bond acceptors (Lipinski definition) is 2. The molecule has 21 heavy (non-hydrogen) atoms. The molecule has 2 unspecified atom stereocenters. The van der Waals surface area contributed by atoms with Crippen LogP contribution in [0.3, 0.4) is 0 Å². The van der Waals surface area contributed by atoms with Crippen LogP contribution in [0.4, 0.5) is 4.39 Å². The molecule has 2 atom stereocenters. The van der Waals surface area contributed by atoms with E-state index in [2.05, 4.69) is 22.0 Å². The topological polar surface area (TPSA) is 35.2 Å². The van der Waals surface area contributed by atoms with Crippen molar-refractivity contribution in [2.24, 2.45) is 5.73 Å². The highest BCUT2D eigenvalue weighted by Gasteiger charge is 2.27. The summed E-state index contributed by atoms with van der Waals surface area (Å²) >= 11 is 3.58. The highest BCUT2D eigenvalue weighted by molar-refractivity contribution is 9.10. The third-order valence-electron chi connectivity index (χ3n) is 3.94. The minimum Gasteiger partial charge on any atom is -0.490 e. The minimum atomic E-state index is -0.209. The zero-order valence-electron chi connectivity index (χ0n) is 11.6. The lowest BCUT2D eigenvalue weighted by Crippen LogP contribution is -2.22. The molecule has 0 saturated heterocycles. The molecule has 2 aromatic carbocycles. The maximum absolute atomic E-state index is 13.3. The van der Waals surface area contributed by atoms with Crippen molar-refractivity contribution in [2.75, 3.05) is 6.54 Å². The fourth-order valence-electron chi connectivity index (χ4n) is 2.89. The van der Waals surface area contributed by atoms with E-state index in [1.165, 1.54) is 11.6 Å². The molecule has 1 heterocycles. The van der Waals surface area contributed by atoms with E-state index in [0.29, 0.717) is 6.54 Å². The fourth-order valence-corrected chi connectivity index (χ4v) is 3.50. The Kier molecular flexibility index (Phi) is 4.27. The van der Waals surface area contributed by atoms with Crippen LogP contribution in [0.25, 0.3) is 0 Å². The Morgan fingerprint density at radius 2 is 2.10 bits per heavy atom. The molecule has 0 aromatic heterocycles. The summed E-state index contributed by atoms with van der Waals surface area (Å²) in [6.45, 7) is 0.563. The predicted molar refractivity (Wildman–Crippen MR) is 85.1 cm³/mol. The van der Waals surface area contributed by atoms with Gasteiger partial charge < -0.3 is 10.5 Å². The first-order valence-electron chi connectivity index (χ1n) is 7.07. The third-order valence-corrected chi connectivity index (χ3v) is 4.66. The Labute approximate surface area is 132 Å². The molecule has 0 amide bonds. The first kappa shape index (κ1) is 14.5. The molecular weight excluding hydrogens is 333 g/mol. The third kappa shape index (κ3) is 3.11. The second kappa shape index (κ2) is 6.16. The number of hydrogen-bond donors (Lipinski definition) is 1. The highest BCUT2D eigenvalue weighted by atomic mass is 79.9. The average Bonchev–Trinajstić information content (AvgIpc) is 2.87. The molecule has 110 valence electrons. The fraction of sp³-hybridized carbons (Fsp3) is 0.294. The average molecular weight is 350 g/mol. The Morgan fingerprint density at radius 3 is 2.86 bits per heavy atom. The normalized spacial score (nSPS) is 18.1. The number of halogens is 2. The van der Waals surface area contributed by atoms with Crippen LogP contribution in [-0.2, 0) is 6.42 Å². The lowest BCUT2D eigenvalue weighted by molar-refractivity contribution is 0.210. The molecule has 2 nitrogen and oxygen atoms in total. The van der Waals surface area contributed by atoms with Gasteiger partial charge in [0.1, 0.15) is 17.7 Å². The van der Waals surface area contributed by atoms with Gasteiger partial charge in [-0.2, -0.15) is 0 Å². The molecular formula is C17H17BrFNO. The van der Waals surface area contributed by atoms with E-state index in [1.54, 1.807) is 12.1 Å². The summed E-state index contributed by atoms with van der Waals surface area (Å²) in [6.07, 6.45) is 1.63. The first-order chi connectivity index (χ1) is 10.2.